The van der Waals surface area contributed by atoms with Crippen LogP contribution in [0.4, 0.5) is 11.4 Å². The van der Waals surface area contributed by atoms with Crippen molar-refractivity contribution in [1.29, 1.82) is 0 Å². The molecule has 6 nitrogen and oxygen atoms in total. The van der Waals surface area contributed by atoms with Gasteiger partial charge in [0.05, 0.1) is 11.7 Å². The minimum Gasteiger partial charge on any atom is -0.376 e. The van der Waals surface area contributed by atoms with E-state index in [4.69, 9.17) is 4.74 Å². The van der Waals surface area contributed by atoms with Crippen molar-refractivity contribution in [3.8, 4) is 0 Å². The van der Waals surface area contributed by atoms with Crippen LogP contribution >= 0.6 is 0 Å². The Labute approximate surface area is 161 Å². The van der Waals surface area contributed by atoms with Crippen LogP contribution in [0.1, 0.15) is 56.3 Å². The molecule has 6 heteroatoms. The first-order valence-corrected chi connectivity index (χ1v) is 10.1. The van der Waals surface area contributed by atoms with Gasteiger partial charge < -0.3 is 20.3 Å². The van der Waals surface area contributed by atoms with Crippen LogP contribution in [-0.2, 0) is 9.53 Å². The molecular weight excluding hydrogens is 342 g/mol. The zero-order valence-corrected chi connectivity index (χ0v) is 16.4. The summed E-state index contributed by atoms with van der Waals surface area (Å²) in [5.74, 6) is -0.262. The van der Waals surface area contributed by atoms with Gasteiger partial charge in [0.15, 0.2) is 0 Å². The third-order valence-corrected chi connectivity index (χ3v) is 5.24. The van der Waals surface area contributed by atoms with Crippen molar-refractivity contribution in [2.75, 3.05) is 36.5 Å². The Morgan fingerprint density at radius 1 is 1.19 bits per heavy atom. The molecule has 2 aliphatic rings. The number of nitrogens with zero attached hydrogens (tertiary/aromatic N) is 1. The average Bonchev–Trinajstić information content (AvgIpc) is 3.20. The predicted octanol–water partition coefficient (Wildman–Crippen LogP) is 3.18. The SMILES string of the molecule is CC(C)C(=O)Nc1ccc(N2CCCCC2)c(C(=O)NCC2CCCO2)c1. The maximum Gasteiger partial charge on any atom is 0.253 e. The second-order valence-corrected chi connectivity index (χ2v) is 7.77. The summed E-state index contributed by atoms with van der Waals surface area (Å²) in [6.07, 6.45) is 5.67. The van der Waals surface area contributed by atoms with Crippen molar-refractivity contribution < 1.29 is 14.3 Å². The van der Waals surface area contributed by atoms with E-state index in [0.717, 1.165) is 51.1 Å². The highest BCUT2D eigenvalue weighted by Crippen LogP contribution is 2.27. The quantitative estimate of drug-likeness (QED) is 0.803. The zero-order valence-electron chi connectivity index (χ0n) is 16.4. The zero-order chi connectivity index (χ0) is 19.2. The van der Waals surface area contributed by atoms with Gasteiger partial charge in [-0.3, -0.25) is 9.59 Å². The van der Waals surface area contributed by atoms with E-state index >= 15 is 0 Å². The molecule has 0 bridgehead atoms. The number of hydrogen-bond acceptors (Lipinski definition) is 4. The molecule has 2 amide bonds. The molecule has 0 aromatic heterocycles. The fraction of sp³-hybridized carbons (Fsp3) is 0.619. The number of amides is 2. The molecule has 2 saturated heterocycles. The van der Waals surface area contributed by atoms with Crippen LogP contribution < -0.4 is 15.5 Å². The van der Waals surface area contributed by atoms with Crippen LogP contribution in [0.3, 0.4) is 0 Å². The third-order valence-electron chi connectivity index (χ3n) is 5.24. The summed E-state index contributed by atoms with van der Waals surface area (Å²) in [6.45, 7) is 6.93. The van der Waals surface area contributed by atoms with E-state index in [9.17, 15) is 9.59 Å². The number of anilines is 2. The van der Waals surface area contributed by atoms with Crippen LogP contribution in [0.15, 0.2) is 18.2 Å². The molecule has 2 aliphatic heterocycles. The lowest BCUT2D eigenvalue weighted by Crippen LogP contribution is -2.35. The van der Waals surface area contributed by atoms with Gasteiger partial charge in [-0.05, 0) is 50.3 Å². The average molecular weight is 373 g/mol. The summed E-state index contributed by atoms with van der Waals surface area (Å²) >= 11 is 0. The smallest absolute Gasteiger partial charge is 0.253 e. The fourth-order valence-corrected chi connectivity index (χ4v) is 3.60. The first-order valence-electron chi connectivity index (χ1n) is 10.1. The van der Waals surface area contributed by atoms with Gasteiger partial charge in [-0.15, -0.1) is 0 Å². The number of hydrogen-bond donors (Lipinski definition) is 2. The monoisotopic (exact) mass is 373 g/mol. The Morgan fingerprint density at radius 3 is 2.63 bits per heavy atom. The number of piperidine rings is 1. The molecule has 0 saturated carbocycles. The minimum absolute atomic E-state index is 0.0496. The number of carbonyl (C=O) groups excluding carboxylic acids is 2. The van der Waals surface area contributed by atoms with Crippen LogP contribution in [0, 0.1) is 5.92 Å². The lowest BCUT2D eigenvalue weighted by atomic mass is 10.1. The summed E-state index contributed by atoms with van der Waals surface area (Å²) in [6, 6.07) is 5.65. The summed E-state index contributed by atoms with van der Waals surface area (Å²) in [5.41, 5.74) is 2.23. The lowest BCUT2D eigenvalue weighted by molar-refractivity contribution is -0.118. The van der Waals surface area contributed by atoms with E-state index in [1.807, 2.05) is 26.0 Å². The minimum atomic E-state index is -0.108. The number of nitrogens with one attached hydrogen (secondary N) is 2. The molecule has 2 heterocycles. The molecule has 0 spiro atoms. The number of benzene rings is 1. The highest BCUT2D eigenvalue weighted by molar-refractivity contribution is 6.02. The highest BCUT2D eigenvalue weighted by Gasteiger charge is 2.22. The highest BCUT2D eigenvalue weighted by atomic mass is 16.5. The van der Waals surface area contributed by atoms with Crippen molar-refractivity contribution >= 4 is 23.2 Å². The van der Waals surface area contributed by atoms with Crippen LogP contribution in [-0.4, -0.2) is 44.2 Å². The third kappa shape index (κ3) is 5.22. The topological polar surface area (TPSA) is 70.7 Å². The van der Waals surface area contributed by atoms with E-state index in [-0.39, 0.29) is 23.8 Å². The Hall–Kier alpha value is -2.08. The predicted molar refractivity (Wildman–Crippen MR) is 107 cm³/mol. The first-order chi connectivity index (χ1) is 13.0. The van der Waals surface area contributed by atoms with Gasteiger partial charge in [0, 0.05) is 43.5 Å². The molecular formula is C21H31N3O3. The first kappa shape index (κ1) is 19.7. The maximum absolute atomic E-state index is 12.9. The Balaban J connectivity index is 1.78. The van der Waals surface area contributed by atoms with E-state index in [0.29, 0.717) is 17.8 Å². The van der Waals surface area contributed by atoms with E-state index in [1.165, 1.54) is 6.42 Å². The van der Waals surface area contributed by atoms with Crippen molar-refractivity contribution in [2.45, 2.75) is 52.1 Å². The van der Waals surface area contributed by atoms with Gasteiger partial charge in [0.25, 0.3) is 5.91 Å². The molecule has 0 radical (unpaired) electrons. The van der Waals surface area contributed by atoms with Gasteiger partial charge >= 0.3 is 0 Å². The fourth-order valence-electron chi connectivity index (χ4n) is 3.60. The van der Waals surface area contributed by atoms with Gasteiger partial charge in [-0.2, -0.15) is 0 Å². The van der Waals surface area contributed by atoms with E-state index in [2.05, 4.69) is 15.5 Å². The maximum atomic E-state index is 12.9. The second kappa shape index (κ2) is 9.22. The molecule has 1 unspecified atom stereocenters. The van der Waals surface area contributed by atoms with E-state index < -0.39 is 0 Å². The Morgan fingerprint density at radius 2 is 1.96 bits per heavy atom. The summed E-state index contributed by atoms with van der Waals surface area (Å²) in [4.78, 5) is 27.2. The second-order valence-electron chi connectivity index (χ2n) is 7.77. The number of ether oxygens (including phenoxy) is 1. The summed E-state index contributed by atoms with van der Waals surface area (Å²) in [5, 5.41) is 5.92. The molecule has 1 atom stereocenters. The molecule has 1 aromatic carbocycles. The van der Waals surface area contributed by atoms with E-state index in [1.54, 1.807) is 6.07 Å². The van der Waals surface area contributed by atoms with Crippen molar-refractivity contribution in [1.82, 2.24) is 5.32 Å². The molecule has 27 heavy (non-hydrogen) atoms. The number of carbonyl (C=O) groups is 2. The van der Waals surface area contributed by atoms with Crippen molar-refractivity contribution in [3.63, 3.8) is 0 Å². The van der Waals surface area contributed by atoms with Crippen LogP contribution in [0.5, 0.6) is 0 Å². The molecule has 1 aromatic rings. The van der Waals surface area contributed by atoms with Crippen LogP contribution in [0.25, 0.3) is 0 Å². The standard InChI is InChI=1S/C21H31N3O3/c1-15(2)20(25)23-16-8-9-19(24-10-4-3-5-11-24)18(13-16)21(26)22-14-17-7-6-12-27-17/h8-9,13,15,17H,3-7,10-12,14H2,1-2H3,(H,22,26)(H,23,25). The number of rotatable bonds is 6. The molecule has 148 valence electrons. The molecule has 2 N–H and O–H groups in total. The Bertz CT molecular complexity index is 663. The molecule has 2 fully saturated rings. The summed E-state index contributed by atoms with van der Waals surface area (Å²) in [7, 11) is 0. The summed E-state index contributed by atoms with van der Waals surface area (Å²) < 4.78 is 5.61. The van der Waals surface area contributed by atoms with Gasteiger partial charge in [-0.1, -0.05) is 13.8 Å². The van der Waals surface area contributed by atoms with Crippen molar-refractivity contribution in [2.24, 2.45) is 5.92 Å². The van der Waals surface area contributed by atoms with Gasteiger partial charge in [-0.25, -0.2) is 0 Å². The van der Waals surface area contributed by atoms with Crippen LogP contribution in [0.2, 0.25) is 0 Å². The largest absolute Gasteiger partial charge is 0.376 e. The van der Waals surface area contributed by atoms with Gasteiger partial charge in [0.2, 0.25) is 5.91 Å². The normalized spacial score (nSPS) is 20.0. The molecule has 0 aliphatic carbocycles. The molecule has 3 rings (SSSR count). The van der Waals surface area contributed by atoms with Gasteiger partial charge in [0.1, 0.15) is 0 Å². The van der Waals surface area contributed by atoms with Crippen molar-refractivity contribution in [3.05, 3.63) is 23.8 Å². The Kier molecular flexibility index (Phi) is 6.72. The lowest BCUT2D eigenvalue weighted by Gasteiger charge is -2.30.